The Balaban J connectivity index is 1.67. The van der Waals surface area contributed by atoms with Gasteiger partial charge >= 0.3 is 11.7 Å². The largest absolute Gasteiger partial charge is 0.491 e. The number of hydrogen-bond acceptors (Lipinski definition) is 8. The normalized spacial score (nSPS) is 11.7. The number of halogens is 2. The molecule has 4 N–H and O–H groups in total. The van der Waals surface area contributed by atoms with Gasteiger partial charge in [0.25, 0.3) is 5.56 Å². The summed E-state index contributed by atoms with van der Waals surface area (Å²) >= 11 is 1.15. The van der Waals surface area contributed by atoms with Gasteiger partial charge in [0.15, 0.2) is 0 Å². The van der Waals surface area contributed by atoms with E-state index in [1.165, 1.54) is 22.8 Å². The monoisotopic (exact) mass is 734 g/mol. The Bertz CT molecular complexity index is 2110. The van der Waals surface area contributed by atoms with Crippen LogP contribution in [0.2, 0.25) is 0 Å². The molecule has 0 radical (unpaired) electrons. The van der Waals surface area contributed by atoms with Crippen molar-refractivity contribution < 1.29 is 27.8 Å². The number of rotatable bonds is 16. The minimum Gasteiger partial charge on any atom is -0.491 e. The van der Waals surface area contributed by atoms with Crippen molar-refractivity contribution in [2.24, 2.45) is 0 Å². The van der Waals surface area contributed by atoms with Gasteiger partial charge in [0.1, 0.15) is 28.8 Å². The lowest BCUT2D eigenvalue weighted by Gasteiger charge is -2.20. The number of carbonyl (C=O) groups excluding carboxylic acids is 2. The molecule has 0 aliphatic carbocycles. The quantitative estimate of drug-likeness (QED) is 0.0821. The zero-order valence-corrected chi connectivity index (χ0v) is 29.8. The van der Waals surface area contributed by atoms with Gasteiger partial charge in [-0.3, -0.25) is 19.5 Å². The number of aromatic nitrogens is 2. The van der Waals surface area contributed by atoms with Gasteiger partial charge in [0.05, 0.1) is 30.0 Å². The zero-order chi connectivity index (χ0) is 37.2. The van der Waals surface area contributed by atoms with Crippen molar-refractivity contribution in [1.82, 2.24) is 25.1 Å². The number of nitrogens with one attached hydrogen (secondary N) is 4. The molecule has 0 saturated heterocycles. The molecule has 12 nitrogen and oxygen atoms in total. The smallest absolute Gasteiger partial charge is 0.341 e. The molecule has 0 aliphatic heterocycles. The molecule has 0 spiro atoms. The van der Waals surface area contributed by atoms with E-state index in [0.717, 1.165) is 15.9 Å². The third-order valence-corrected chi connectivity index (χ3v) is 9.23. The summed E-state index contributed by atoms with van der Waals surface area (Å²) in [5, 5.41) is 13.2. The van der Waals surface area contributed by atoms with Gasteiger partial charge in [-0.15, -0.1) is 11.3 Å². The van der Waals surface area contributed by atoms with Crippen LogP contribution in [0.15, 0.2) is 81.7 Å². The van der Waals surface area contributed by atoms with Crippen molar-refractivity contribution in [1.29, 1.82) is 0 Å². The van der Waals surface area contributed by atoms with Crippen molar-refractivity contribution >= 4 is 39.2 Å². The Morgan fingerprint density at radius 2 is 1.56 bits per heavy atom. The third kappa shape index (κ3) is 8.73. The Morgan fingerprint density at radius 1 is 0.885 bits per heavy atom. The molecule has 274 valence electrons. The van der Waals surface area contributed by atoms with Gasteiger partial charge in [0, 0.05) is 43.8 Å². The Labute approximate surface area is 302 Å². The van der Waals surface area contributed by atoms with Crippen LogP contribution in [-0.4, -0.2) is 61.2 Å². The highest BCUT2D eigenvalue weighted by Crippen LogP contribution is 2.33. The maximum absolute atomic E-state index is 15.0. The fourth-order valence-corrected chi connectivity index (χ4v) is 6.80. The molecule has 1 unspecified atom stereocenters. The van der Waals surface area contributed by atoms with Crippen molar-refractivity contribution in [2.75, 3.05) is 45.4 Å². The predicted octanol–water partition coefficient (Wildman–Crippen LogP) is 5.05. The van der Waals surface area contributed by atoms with E-state index in [9.17, 15) is 19.2 Å². The van der Waals surface area contributed by atoms with Crippen molar-refractivity contribution in [3.63, 3.8) is 0 Å². The molecule has 3 aromatic carbocycles. The zero-order valence-electron chi connectivity index (χ0n) is 29.0. The molecule has 0 aliphatic rings. The predicted molar refractivity (Wildman–Crippen MR) is 197 cm³/mol. The van der Waals surface area contributed by atoms with Crippen molar-refractivity contribution in [2.45, 2.75) is 32.6 Å². The number of fused-ring (bicyclic) bond motifs is 1. The van der Waals surface area contributed by atoms with Gasteiger partial charge in [-0.25, -0.2) is 22.9 Å². The summed E-state index contributed by atoms with van der Waals surface area (Å²) in [6.07, 6.45) is 0.159. The average Bonchev–Trinajstić information content (AvgIpc) is 3.57. The lowest BCUT2D eigenvalue weighted by Crippen LogP contribution is -2.39. The van der Waals surface area contributed by atoms with Crippen LogP contribution < -0.4 is 37.3 Å². The van der Waals surface area contributed by atoms with Crippen LogP contribution in [0.1, 0.15) is 37.3 Å². The van der Waals surface area contributed by atoms with Gasteiger partial charge in [-0.1, -0.05) is 13.0 Å². The van der Waals surface area contributed by atoms with E-state index in [1.807, 2.05) is 0 Å². The topological polar surface area (TPSA) is 145 Å². The maximum atomic E-state index is 15.0. The minimum absolute atomic E-state index is 0.0927. The Kier molecular flexibility index (Phi) is 12.9. The highest BCUT2D eigenvalue weighted by atomic mass is 32.1. The highest BCUT2D eigenvalue weighted by Gasteiger charge is 2.26. The first-order valence-electron chi connectivity index (χ1n) is 16.7. The summed E-state index contributed by atoms with van der Waals surface area (Å²) < 4.78 is 43.2. The molecule has 0 fully saturated rings. The molecular formula is C37H40F2N6O6S. The lowest BCUT2D eigenvalue weighted by molar-refractivity contribution is -0.120. The van der Waals surface area contributed by atoms with E-state index in [0.29, 0.717) is 47.3 Å². The van der Waals surface area contributed by atoms with Gasteiger partial charge in [0.2, 0.25) is 5.91 Å². The SMILES string of the molecule is CCNC(=O)Nc1ccc(-n2c(=O)n(-c3ccc(OCCOC)cc3)c(=O)c3c(C(CNCNC(=O)CC)Cc4c(F)cccc4F)csc32)cc1. The minimum atomic E-state index is -0.729. The van der Waals surface area contributed by atoms with Crippen molar-refractivity contribution in [3.05, 3.63) is 116 Å². The summed E-state index contributed by atoms with van der Waals surface area (Å²) in [4.78, 5) is 53.2. The molecule has 3 amide bonds. The van der Waals surface area contributed by atoms with Crippen LogP contribution in [0, 0.1) is 11.6 Å². The first-order valence-corrected chi connectivity index (χ1v) is 17.6. The van der Waals surface area contributed by atoms with E-state index in [2.05, 4.69) is 21.3 Å². The van der Waals surface area contributed by atoms with Crippen LogP contribution in [0.4, 0.5) is 19.3 Å². The number of carbonyl (C=O) groups is 2. The number of nitrogens with zero attached hydrogens (tertiary/aromatic N) is 2. The number of anilines is 1. The Morgan fingerprint density at radius 3 is 2.21 bits per heavy atom. The standard InChI is InChI=1S/C37H40F2N6O6S/c1-4-32(46)42-22-40-20-23(19-28-30(38)7-6-8-31(28)39)29-21-52-35-33(29)34(47)44(25-13-15-27(16-14-25)51-18-17-50-3)37(49)45(35)26-11-9-24(10-12-26)43-36(48)41-5-2/h6-16,21,23,40H,4-5,17-20,22H2,1-3H3,(H,42,46)(H2,41,43,48). The van der Waals surface area contributed by atoms with E-state index < -0.39 is 28.8 Å². The fourth-order valence-electron chi connectivity index (χ4n) is 5.64. The van der Waals surface area contributed by atoms with Gasteiger partial charge < -0.3 is 25.4 Å². The van der Waals surface area contributed by atoms with E-state index >= 15 is 8.78 Å². The second-order valence-corrected chi connectivity index (χ2v) is 12.5. The van der Waals surface area contributed by atoms with Crippen LogP contribution in [-0.2, 0) is 16.0 Å². The van der Waals surface area contributed by atoms with Crippen LogP contribution in [0.3, 0.4) is 0 Å². The molecular weight excluding hydrogens is 695 g/mol. The first-order chi connectivity index (χ1) is 25.2. The molecule has 5 aromatic rings. The van der Waals surface area contributed by atoms with Gasteiger partial charge in [-0.2, -0.15) is 0 Å². The van der Waals surface area contributed by atoms with Crippen LogP contribution in [0.25, 0.3) is 21.6 Å². The number of amides is 3. The van der Waals surface area contributed by atoms with Crippen molar-refractivity contribution in [3.8, 4) is 17.1 Å². The lowest BCUT2D eigenvalue weighted by atomic mass is 9.91. The molecule has 0 saturated carbocycles. The van der Waals surface area contributed by atoms with E-state index in [4.69, 9.17) is 9.47 Å². The summed E-state index contributed by atoms with van der Waals surface area (Å²) in [5.74, 6) is -1.79. The number of methoxy groups -OCH3 is 1. The highest BCUT2D eigenvalue weighted by molar-refractivity contribution is 7.17. The molecule has 2 aromatic heterocycles. The fraction of sp³-hybridized carbons (Fsp3) is 0.297. The number of benzene rings is 3. The van der Waals surface area contributed by atoms with E-state index in [-0.39, 0.29) is 54.6 Å². The molecule has 52 heavy (non-hydrogen) atoms. The van der Waals surface area contributed by atoms with Gasteiger partial charge in [-0.05, 0) is 85.0 Å². The number of hydrogen-bond donors (Lipinski definition) is 4. The first kappa shape index (κ1) is 37.9. The third-order valence-electron chi connectivity index (χ3n) is 8.25. The van der Waals surface area contributed by atoms with E-state index in [1.54, 1.807) is 74.9 Å². The number of urea groups is 1. The summed E-state index contributed by atoms with van der Waals surface area (Å²) in [6, 6.07) is 16.3. The summed E-state index contributed by atoms with van der Waals surface area (Å²) in [6.45, 7) is 4.86. The molecule has 0 bridgehead atoms. The molecule has 15 heteroatoms. The van der Waals surface area contributed by atoms with Crippen LogP contribution in [0.5, 0.6) is 5.75 Å². The average molecular weight is 735 g/mol. The second kappa shape index (κ2) is 17.7. The van der Waals surface area contributed by atoms with Crippen LogP contribution >= 0.6 is 11.3 Å². The second-order valence-electron chi connectivity index (χ2n) is 11.7. The summed E-state index contributed by atoms with van der Waals surface area (Å²) in [5.41, 5.74) is 0.215. The molecule has 2 heterocycles. The number of ether oxygens (including phenoxy) is 2. The maximum Gasteiger partial charge on any atom is 0.341 e. The number of thiophene rings is 1. The molecule has 1 atom stereocenters. The molecule has 5 rings (SSSR count). The Hall–Kier alpha value is -5.38. The summed E-state index contributed by atoms with van der Waals surface area (Å²) in [7, 11) is 1.56.